The van der Waals surface area contributed by atoms with Crippen molar-refractivity contribution in [3.05, 3.63) is 59.7 Å². The van der Waals surface area contributed by atoms with E-state index in [1.165, 1.54) is 16.8 Å². The van der Waals surface area contributed by atoms with E-state index in [4.69, 9.17) is 10.5 Å². The van der Waals surface area contributed by atoms with E-state index in [1.807, 2.05) is 6.07 Å². The number of fused-ring (bicyclic) bond motifs is 1. The standard InChI is InChI=1S/C18H22N2O/c1-2-20(16-9-7-14(11-19)8-10-16)12-15-13-21-18-6-4-3-5-17(15)18/h3-10,15H,2,11-13,19H2,1H3. The van der Waals surface area contributed by atoms with Crippen LogP contribution in [0.3, 0.4) is 0 Å². The zero-order valence-corrected chi connectivity index (χ0v) is 12.5. The first-order valence-electron chi connectivity index (χ1n) is 7.57. The lowest BCUT2D eigenvalue weighted by molar-refractivity contribution is 0.331. The first-order chi connectivity index (χ1) is 10.3. The molecular weight excluding hydrogens is 260 g/mol. The summed E-state index contributed by atoms with van der Waals surface area (Å²) in [6.45, 7) is 5.53. The third-order valence-corrected chi connectivity index (χ3v) is 4.16. The summed E-state index contributed by atoms with van der Waals surface area (Å²) < 4.78 is 5.79. The molecule has 21 heavy (non-hydrogen) atoms. The third-order valence-electron chi connectivity index (χ3n) is 4.16. The van der Waals surface area contributed by atoms with Crippen LogP contribution in [0.15, 0.2) is 48.5 Å². The van der Waals surface area contributed by atoms with Gasteiger partial charge in [0, 0.05) is 36.8 Å². The van der Waals surface area contributed by atoms with Crippen LogP contribution < -0.4 is 15.4 Å². The Hall–Kier alpha value is -2.00. The summed E-state index contributed by atoms with van der Waals surface area (Å²) in [6, 6.07) is 16.9. The molecule has 0 bridgehead atoms. The minimum Gasteiger partial charge on any atom is -0.493 e. The van der Waals surface area contributed by atoms with Gasteiger partial charge in [0.15, 0.2) is 0 Å². The molecule has 3 rings (SSSR count). The second-order valence-electron chi connectivity index (χ2n) is 5.45. The normalized spacial score (nSPS) is 16.4. The van der Waals surface area contributed by atoms with Gasteiger partial charge in [-0.25, -0.2) is 0 Å². The van der Waals surface area contributed by atoms with Crippen molar-refractivity contribution in [3.8, 4) is 5.75 Å². The van der Waals surface area contributed by atoms with Crippen LogP contribution in [-0.2, 0) is 6.54 Å². The lowest BCUT2D eigenvalue weighted by Crippen LogP contribution is -2.29. The van der Waals surface area contributed by atoms with E-state index >= 15 is 0 Å². The van der Waals surface area contributed by atoms with Crippen LogP contribution in [0.1, 0.15) is 24.0 Å². The number of likely N-dealkylation sites (N-methyl/N-ethyl adjacent to an activating group) is 1. The van der Waals surface area contributed by atoms with Gasteiger partial charge in [0.2, 0.25) is 0 Å². The average Bonchev–Trinajstić information content (AvgIpc) is 2.96. The van der Waals surface area contributed by atoms with Crippen LogP contribution in [0, 0.1) is 0 Å². The molecule has 0 radical (unpaired) electrons. The van der Waals surface area contributed by atoms with Crippen molar-refractivity contribution in [2.75, 3.05) is 24.6 Å². The highest BCUT2D eigenvalue weighted by Gasteiger charge is 2.25. The number of benzene rings is 2. The van der Waals surface area contributed by atoms with Gasteiger partial charge in [-0.15, -0.1) is 0 Å². The molecule has 1 heterocycles. The minimum absolute atomic E-state index is 0.440. The molecule has 3 nitrogen and oxygen atoms in total. The van der Waals surface area contributed by atoms with Crippen LogP contribution >= 0.6 is 0 Å². The Labute approximate surface area is 126 Å². The summed E-state index contributed by atoms with van der Waals surface area (Å²) in [5.74, 6) is 1.48. The Balaban J connectivity index is 1.76. The van der Waals surface area contributed by atoms with Crippen molar-refractivity contribution in [1.82, 2.24) is 0 Å². The van der Waals surface area contributed by atoms with Crippen LogP contribution in [0.4, 0.5) is 5.69 Å². The second kappa shape index (κ2) is 6.19. The summed E-state index contributed by atoms with van der Waals surface area (Å²) in [4.78, 5) is 2.40. The van der Waals surface area contributed by atoms with Crippen molar-refractivity contribution in [1.29, 1.82) is 0 Å². The average molecular weight is 282 g/mol. The van der Waals surface area contributed by atoms with Gasteiger partial charge in [0.1, 0.15) is 5.75 Å². The summed E-state index contributed by atoms with van der Waals surface area (Å²) >= 11 is 0. The summed E-state index contributed by atoms with van der Waals surface area (Å²) in [5, 5.41) is 0. The molecular formula is C18H22N2O. The van der Waals surface area contributed by atoms with E-state index in [0.717, 1.165) is 25.4 Å². The first kappa shape index (κ1) is 14.0. The quantitative estimate of drug-likeness (QED) is 0.915. The van der Waals surface area contributed by atoms with Crippen LogP contribution in [0.2, 0.25) is 0 Å². The van der Waals surface area contributed by atoms with Gasteiger partial charge in [-0.1, -0.05) is 30.3 Å². The van der Waals surface area contributed by atoms with Crippen LogP contribution in [-0.4, -0.2) is 19.7 Å². The van der Waals surface area contributed by atoms with Gasteiger partial charge >= 0.3 is 0 Å². The van der Waals surface area contributed by atoms with E-state index in [9.17, 15) is 0 Å². The highest BCUT2D eigenvalue weighted by Crippen LogP contribution is 2.34. The van der Waals surface area contributed by atoms with Gasteiger partial charge in [-0.3, -0.25) is 0 Å². The molecule has 1 aliphatic rings. The van der Waals surface area contributed by atoms with Crippen molar-refractivity contribution in [2.24, 2.45) is 5.73 Å². The minimum atomic E-state index is 0.440. The Kier molecular flexibility index (Phi) is 4.11. The van der Waals surface area contributed by atoms with E-state index in [0.29, 0.717) is 12.5 Å². The molecule has 2 aromatic rings. The second-order valence-corrected chi connectivity index (χ2v) is 5.45. The van der Waals surface area contributed by atoms with Gasteiger partial charge in [-0.2, -0.15) is 0 Å². The Morgan fingerprint density at radius 2 is 1.90 bits per heavy atom. The fourth-order valence-electron chi connectivity index (χ4n) is 2.91. The zero-order valence-electron chi connectivity index (χ0n) is 12.5. The zero-order chi connectivity index (χ0) is 14.7. The molecule has 0 saturated carbocycles. The number of para-hydroxylation sites is 1. The van der Waals surface area contributed by atoms with E-state index in [2.05, 4.69) is 54.3 Å². The molecule has 1 aliphatic heterocycles. The lowest BCUT2D eigenvalue weighted by atomic mass is 10.0. The van der Waals surface area contributed by atoms with E-state index in [1.54, 1.807) is 0 Å². The molecule has 2 aromatic carbocycles. The monoisotopic (exact) mass is 282 g/mol. The van der Waals surface area contributed by atoms with E-state index < -0.39 is 0 Å². The summed E-state index contributed by atoms with van der Waals surface area (Å²) in [7, 11) is 0. The van der Waals surface area contributed by atoms with E-state index in [-0.39, 0.29) is 0 Å². The van der Waals surface area contributed by atoms with Crippen molar-refractivity contribution in [2.45, 2.75) is 19.4 Å². The maximum Gasteiger partial charge on any atom is 0.122 e. The maximum absolute atomic E-state index is 5.79. The summed E-state index contributed by atoms with van der Waals surface area (Å²) in [6.07, 6.45) is 0. The molecule has 0 amide bonds. The topological polar surface area (TPSA) is 38.5 Å². The molecule has 0 aromatic heterocycles. The predicted molar refractivity (Wildman–Crippen MR) is 86.9 cm³/mol. The molecule has 0 fully saturated rings. The smallest absolute Gasteiger partial charge is 0.122 e. The molecule has 0 spiro atoms. The maximum atomic E-state index is 5.79. The van der Waals surface area contributed by atoms with Gasteiger partial charge in [0.25, 0.3) is 0 Å². The van der Waals surface area contributed by atoms with Gasteiger partial charge in [-0.05, 0) is 30.7 Å². The van der Waals surface area contributed by atoms with Gasteiger partial charge in [0.05, 0.1) is 6.61 Å². The number of anilines is 1. The molecule has 0 aliphatic carbocycles. The third kappa shape index (κ3) is 2.88. The lowest BCUT2D eigenvalue weighted by Gasteiger charge is -2.26. The van der Waals surface area contributed by atoms with Crippen molar-refractivity contribution >= 4 is 5.69 Å². The molecule has 110 valence electrons. The Morgan fingerprint density at radius 3 is 2.62 bits per heavy atom. The van der Waals surface area contributed by atoms with Crippen molar-refractivity contribution in [3.63, 3.8) is 0 Å². The highest BCUT2D eigenvalue weighted by molar-refractivity contribution is 5.49. The largest absolute Gasteiger partial charge is 0.493 e. The highest BCUT2D eigenvalue weighted by atomic mass is 16.5. The molecule has 1 atom stereocenters. The molecule has 0 saturated heterocycles. The molecule has 3 heteroatoms. The predicted octanol–water partition coefficient (Wildman–Crippen LogP) is 3.15. The van der Waals surface area contributed by atoms with Gasteiger partial charge < -0.3 is 15.4 Å². The molecule has 1 unspecified atom stereocenters. The Morgan fingerprint density at radius 1 is 1.14 bits per heavy atom. The number of nitrogens with two attached hydrogens (primary N) is 1. The number of rotatable bonds is 5. The molecule has 2 N–H and O–H groups in total. The fourth-order valence-corrected chi connectivity index (χ4v) is 2.91. The van der Waals surface area contributed by atoms with Crippen LogP contribution in [0.25, 0.3) is 0 Å². The number of hydrogen-bond donors (Lipinski definition) is 1. The number of ether oxygens (including phenoxy) is 1. The van der Waals surface area contributed by atoms with Crippen LogP contribution in [0.5, 0.6) is 5.75 Å². The SMILES string of the molecule is CCN(CC1COc2ccccc21)c1ccc(CN)cc1. The fraction of sp³-hybridized carbons (Fsp3) is 0.333. The number of hydrogen-bond acceptors (Lipinski definition) is 3. The number of nitrogens with zero attached hydrogens (tertiary/aromatic N) is 1. The summed E-state index contributed by atoms with van der Waals surface area (Å²) in [5.41, 5.74) is 9.41. The first-order valence-corrected chi connectivity index (χ1v) is 7.57. The Bertz CT molecular complexity index is 594. The van der Waals surface area contributed by atoms with Crippen molar-refractivity contribution < 1.29 is 4.74 Å².